The average molecular weight is 392 g/mol. The van der Waals surface area contributed by atoms with Gasteiger partial charge >= 0.3 is 0 Å². The molecule has 0 saturated carbocycles. The van der Waals surface area contributed by atoms with E-state index in [-0.39, 0.29) is 5.54 Å². The molecule has 2 heteroatoms. The fraction of sp³-hybridized carbons (Fsp3) is 0.769. The first-order valence-corrected chi connectivity index (χ1v) is 12.0. The lowest BCUT2D eigenvalue weighted by Gasteiger charge is -2.39. The number of rotatable bonds is 13. The quantitative estimate of drug-likeness (QED) is 0.354. The van der Waals surface area contributed by atoms with E-state index < -0.39 is 0 Å². The van der Waals surface area contributed by atoms with E-state index in [1.807, 2.05) is 26.0 Å². The van der Waals surface area contributed by atoms with E-state index in [2.05, 4.69) is 46.8 Å². The van der Waals surface area contributed by atoms with Crippen LogP contribution >= 0.6 is 0 Å². The summed E-state index contributed by atoms with van der Waals surface area (Å²) in [5.74, 6) is 0. The van der Waals surface area contributed by atoms with Gasteiger partial charge < -0.3 is 10.2 Å². The molecule has 0 saturated heterocycles. The number of nitrogens with two attached hydrogens (primary N) is 1. The molecule has 0 aliphatic rings. The molecule has 0 fully saturated rings. The van der Waals surface area contributed by atoms with Crippen molar-refractivity contribution in [1.82, 2.24) is 0 Å². The van der Waals surface area contributed by atoms with Gasteiger partial charge in [0.1, 0.15) is 0 Å². The molecule has 0 aliphatic carbocycles. The van der Waals surface area contributed by atoms with Gasteiger partial charge in [0.25, 0.3) is 0 Å². The van der Waals surface area contributed by atoms with Gasteiger partial charge in [0.2, 0.25) is 0 Å². The number of aryl methyl sites for hydroxylation is 1. The van der Waals surface area contributed by atoms with Crippen molar-refractivity contribution in [2.75, 3.05) is 26.2 Å². The molecule has 0 heterocycles. The molecule has 0 aliphatic heterocycles. The van der Waals surface area contributed by atoms with Crippen molar-refractivity contribution in [3.8, 4) is 0 Å². The molecule has 0 atom stereocenters. The van der Waals surface area contributed by atoms with Crippen molar-refractivity contribution in [2.24, 2.45) is 5.73 Å². The molecule has 2 nitrogen and oxygen atoms in total. The minimum Gasteiger partial charge on any atom is -0.324 e. The van der Waals surface area contributed by atoms with E-state index in [0.29, 0.717) is 0 Å². The standard InChI is InChI=1S/C16H36N.C10H15N/c1-5-9-13-17(14-10-6-2,15-11-7-3)16-12-8-4;1-8-6-4-5-7-9(8)10(2,3)11/h5-16H2,1-4H3;4-7H,11H2,1-3H3/q+1;. The molecular weight excluding hydrogens is 340 g/mol. The minimum absolute atomic E-state index is 0.217. The molecule has 0 amide bonds. The molecule has 164 valence electrons. The van der Waals surface area contributed by atoms with Crippen molar-refractivity contribution in [3.05, 3.63) is 35.4 Å². The zero-order valence-corrected chi connectivity index (χ0v) is 20.3. The highest BCUT2D eigenvalue weighted by atomic mass is 15.3. The van der Waals surface area contributed by atoms with Gasteiger partial charge in [-0.15, -0.1) is 0 Å². The summed E-state index contributed by atoms with van der Waals surface area (Å²) >= 11 is 0. The van der Waals surface area contributed by atoms with E-state index in [4.69, 9.17) is 5.73 Å². The van der Waals surface area contributed by atoms with Crippen LogP contribution in [0, 0.1) is 6.92 Å². The maximum Gasteiger partial charge on any atom is 0.0786 e. The van der Waals surface area contributed by atoms with Crippen molar-refractivity contribution >= 4 is 0 Å². The normalized spacial score (nSPS) is 11.9. The van der Waals surface area contributed by atoms with Gasteiger partial charge in [0, 0.05) is 5.54 Å². The van der Waals surface area contributed by atoms with Gasteiger partial charge in [-0.2, -0.15) is 0 Å². The summed E-state index contributed by atoms with van der Waals surface area (Å²) in [5, 5.41) is 0. The Labute approximate surface area is 177 Å². The highest BCUT2D eigenvalue weighted by Gasteiger charge is 2.24. The van der Waals surface area contributed by atoms with Gasteiger partial charge in [-0.25, -0.2) is 0 Å². The Hall–Kier alpha value is -0.860. The second-order valence-electron chi connectivity index (χ2n) is 9.19. The summed E-state index contributed by atoms with van der Waals surface area (Å²) in [5.41, 5.74) is 8.23. The molecule has 1 aromatic rings. The van der Waals surface area contributed by atoms with Crippen molar-refractivity contribution in [2.45, 2.75) is 105 Å². The third-order valence-corrected chi connectivity index (χ3v) is 5.78. The Morgan fingerprint density at radius 1 is 0.714 bits per heavy atom. The molecule has 2 N–H and O–H groups in total. The van der Waals surface area contributed by atoms with Gasteiger partial charge in [0.15, 0.2) is 0 Å². The Morgan fingerprint density at radius 3 is 1.32 bits per heavy atom. The Kier molecular flexibility index (Phi) is 14.6. The van der Waals surface area contributed by atoms with E-state index in [1.165, 1.54) is 93.2 Å². The maximum atomic E-state index is 5.96. The van der Waals surface area contributed by atoms with Crippen LogP contribution in [0.5, 0.6) is 0 Å². The molecule has 1 aromatic carbocycles. The lowest BCUT2D eigenvalue weighted by molar-refractivity contribution is -0.929. The molecule has 0 spiro atoms. The first kappa shape index (κ1) is 27.1. The number of hydrogen-bond donors (Lipinski definition) is 1. The number of quaternary nitrogens is 1. The van der Waals surface area contributed by atoms with Crippen LogP contribution in [0.1, 0.15) is 104 Å². The second kappa shape index (κ2) is 15.0. The monoisotopic (exact) mass is 391 g/mol. The number of benzene rings is 1. The van der Waals surface area contributed by atoms with Crippen molar-refractivity contribution in [1.29, 1.82) is 0 Å². The lowest BCUT2D eigenvalue weighted by atomic mass is 9.92. The predicted octanol–water partition coefficient (Wildman–Crippen LogP) is 7.19. The topological polar surface area (TPSA) is 26.0 Å². The van der Waals surface area contributed by atoms with Crippen molar-refractivity contribution < 1.29 is 4.48 Å². The largest absolute Gasteiger partial charge is 0.324 e. The van der Waals surface area contributed by atoms with Crippen LogP contribution in [0.4, 0.5) is 0 Å². The zero-order valence-electron chi connectivity index (χ0n) is 20.3. The summed E-state index contributed by atoms with van der Waals surface area (Å²) in [6.07, 6.45) is 11.1. The highest BCUT2D eigenvalue weighted by Crippen LogP contribution is 2.20. The first-order chi connectivity index (χ1) is 13.3. The zero-order chi connectivity index (χ0) is 21.5. The summed E-state index contributed by atoms with van der Waals surface area (Å²) in [7, 11) is 0. The molecule has 0 aromatic heterocycles. The Morgan fingerprint density at radius 2 is 1.07 bits per heavy atom. The fourth-order valence-corrected chi connectivity index (χ4v) is 3.94. The van der Waals surface area contributed by atoms with E-state index in [1.54, 1.807) is 0 Å². The SMILES string of the molecule is CCCC[N+](CCCC)(CCCC)CCCC.Cc1ccccc1C(C)(C)N. The summed E-state index contributed by atoms with van der Waals surface area (Å²) in [6.45, 7) is 21.2. The Bertz CT molecular complexity index is 450. The van der Waals surface area contributed by atoms with Gasteiger partial charge in [-0.3, -0.25) is 0 Å². The Balaban J connectivity index is 0.000000567. The molecule has 0 radical (unpaired) electrons. The van der Waals surface area contributed by atoms with Crippen LogP contribution in [0.3, 0.4) is 0 Å². The average Bonchev–Trinajstić information content (AvgIpc) is 2.67. The van der Waals surface area contributed by atoms with Crippen LogP contribution in [-0.4, -0.2) is 30.7 Å². The van der Waals surface area contributed by atoms with Crippen LogP contribution < -0.4 is 5.73 Å². The summed E-state index contributed by atoms with van der Waals surface area (Å²) in [6, 6.07) is 8.22. The number of unbranched alkanes of at least 4 members (excludes halogenated alkanes) is 4. The molecule has 1 rings (SSSR count). The van der Waals surface area contributed by atoms with Crippen LogP contribution in [-0.2, 0) is 5.54 Å². The molecule has 28 heavy (non-hydrogen) atoms. The summed E-state index contributed by atoms with van der Waals surface area (Å²) < 4.78 is 1.42. The van der Waals surface area contributed by atoms with Gasteiger partial charge in [0.05, 0.1) is 26.2 Å². The van der Waals surface area contributed by atoms with E-state index in [9.17, 15) is 0 Å². The molecular formula is C26H51N2+. The summed E-state index contributed by atoms with van der Waals surface area (Å²) in [4.78, 5) is 0. The minimum atomic E-state index is -0.217. The lowest BCUT2D eigenvalue weighted by Crippen LogP contribution is -2.50. The highest BCUT2D eigenvalue weighted by molar-refractivity contribution is 5.30. The third-order valence-electron chi connectivity index (χ3n) is 5.78. The fourth-order valence-electron chi connectivity index (χ4n) is 3.94. The molecule has 0 unspecified atom stereocenters. The maximum absolute atomic E-state index is 5.96. The smallest absolute Gasteiger partial charge is 0.0786 e. The number of nitrogens with zero attached hydrogens (tertiary/aromatic N) is 1. The van der Waals surface area contributed by atoms with E-state index in [0.717, 1.165) is 0 Å². The van der Waals surface area contributed by atoms with Gasteiger partial charge in [-0.1, -0.05) is 77.6 Å². The van der Waals surface area contributed by atoms with Crippen molar-refractivity contribution in [3.63, 3.8) is 0 Å². The third kappa shape index (κ3) is 11.2. The second-order valence-corrected chi connectivity index (χ2v) is 9.19. The predicted molar refractivity (Wildman–Crippen MR) is 128 cm³/mol. The van der Waals surface area contributed by atoms with Gasteiger partial charge in [-0.05, 0) is 57.6 Å². The van der Waals surface area contributed by atoms with Crippen LogP contribution in [0.15, 0.2) is 24.3 Å². The number of hydrogen-bond acceptors (Lipinski definition) is 1. The molecule has 0 bridgehead atoms. The first-order valence-electron chi connectivity index (χ1n) is 12.0. The van der Waals surface area contributed by atoms with E-state index >= 15 is 0 Å². The van der Waals surface area contributed by atoms with Crippen LogP contribution in [0.2, 0.25) is 0 Å². The van der Waals surface area contributed by atoms with Crippen LogP contribution in [0.25, 0.3) is 0 Å².